The molecule has 0 N–H and O–H groups in total. The molecule has 1 aromatic carbocycles. The van der Waals surface area contributed by atoms with Crippen molar-refractivity contribution in [3.05, 3.63) is 29.8 Å². The van der Waals surface area contributed by atoms with E-state index in [1.54, 1.807) is 20.8 Å². The van der Waals surface area contributed by atoms with E-state index in [2.05, 4.69) is 0 Å². The third-order valence-electron chi connectivity index (χ3n) is 3.51. The van der Waals surface area contributed by atoms with E-state index in [0.717, 1.165) is 0 Å². The number of hydrogen-bond acceptors (Lipinski definition) is 5. The van der Waals surface area contributed by atoms with Crippen LogP contribution in [0.5, 0.6) is 0 Å². The van der Waals surface area contributed by atoms with Crippen molar-refractivity contribution in [2.75, 3.05) is 26.2 Å². The Morgan fingerprint density at radius 2 is 1.67 bits per heavy atom. The Labute approximate surface area is 142 Å². The van der Waals surface area contributed by atoms with Crippen LogP contribution in [0.25, 0.3) is 0 Å². The van der Waals surface area contributed by atoms with Crippen LogP contribution < -0.4 is 0 Å². The number of carbonyl (C=O) groups is 1. The van der Waals surface area contributed by atoms with Crippen LogP contribution in [0, 0.1) is 11.3 Å². The highest BCUT2D eigenvalue weighted by Crippen LogP contribution is 2.19. The minimum atomic E-state index is -3.63. The van der Waals surface area contributed by atoms with Crippen molar-refractivity contribution in [3.8, 4) is 6.07 Å². The number of hydrogen-bond donors (Lipinski definition) is 0. The average molecular weight is 351 g/mol. The second kappa shape index (κ2) is 6.79. The number of piperazine rings is 1. The molecular formula is C16H21N3O4S. The molecule has 0 aliphatic carbocycles. The molecule has 130 valence electrons. The van der Waals surface area contributed by atoms with Crippen LogP contribution in [0.4, 0.5) is 4.79 Å². The van der Waals surface area contributed by atoms with Gasteiger partial charge in [0.25, 0.3) is 0 Å². The van der Waals surface area contributed by atoms with Crippen molar-refractivity contribution >= 4 is 16.1 Å². The van der Waals surface area contributed by atoms with Crippen LogP contribution in [0.15, 0.2) is 29.2 Å². The Balaban J connectivity index is 2.03. The predicted molar refractivity (Wildman–Crippen MR) is 87.7 cm³/mol. The molecule has 1 amide bonds. The third-order valence-corrected chi connectivity index (χ3v) is 5.42. The summed E-state index contributed by atoms with van der Waals surface area (Å²) in [5, 5.41) is 8.78. The van der Waals surface area contributed by atoms with Gasteiger partial charge in [0.1, 0.15) is 5.60 Å². The van der Waals surface area contributed by atoms with E-state index < -0.39 is 21.7 Å². The number of nitrogens with zero attached hydrogens (tertiary/aromatic N) is 3. The maximum Gasteiger partial charge on any atom is 0.410 e. The molecule has 7 nitrogen and oxygen atoms in total. The van der Waals surface area contributed by atoms with Crippen molar-refractivity contribution in [3.63, 3.8) is 0 Å². The van der Waals surface area contributed by atoms with Gasteiger partial charge in [-0.2, -0.15) is 9.57 Å². The van der Waals surface area contributed by atoms with E-state index in [1.807, 2.05) is 6.07 Å². The molecule has 1 saturated heterocycles. The summed E-state index contributed by atoms with van der Waals surface area (Å²) in [5.41, 5.74) is -0.174. The zero-order valence-electron chi connectivity index (χ0n) is 14.0. The van der Waals surface area contributed by atoms with Crippen LogP contribution in [-0.4, -0.2) is 55.5 Å². The number of carbonyl (C=O) groups excluding carboxylic acids is 1. The van der Waals surface area contributed by atoms with E-state index in [0.29, 0.717) is 5.56 Å². The standard InChI is InChI=1S/C16H21N3O4S/c1-16(2,3)23-15(20)18-8-10-19(11-9-18)24(21,22)14-6-4-13(12-17)5-7-14/h4-7H,8-11H2,1-3H3. The first kappa shape index (κ1) is 18.2. The van der Waals surface area contributed by atoms with Gasteiger partial charge >= 0.3 is 6.09 Å². The van der Waals surface area contributed by atoms with Gasteiger partial charge in [0, 0.05) is 26.2 Å². The molecule has 1 aliphatic heterocycles. The highest BCUT2D eigenvalue weighted by molar-refractivity contribution is 7.89. The lowest BCUT2D eigenvalue weighted by Crippen LogP contribution is -2.51. The van der Waals surface area contributed by atoms with Gasteiger partial charge in [-0.15, -0.1) is 0 Å². The largest absolute Gasteiger partial charge is 0.444 e. The van der Waals surface area contributed by atoms with Gasteiger partial charge in [-0.3, -0.25) is 0 Å². The molecule has 0 saturated carbocycles. The first-order chi connectivity index (χ1) is 11.1. The fourth-order valence-corrected chi connectivity index (χ4v) is 3.71. The molecule has 0 bridgehead atoms. The van der Waals surface area contributed by atoms with Gasteiger partial charge in [0.15, 0.2) is 0 Å². The summed E-state index contributed by atoms with van der Waals surface area (Å²) in [6.07, 6.45) is -0.432. The quantitative estimate of drug-likeness (QED) is 0.810. The van der Waals surface area contributed by atoms with E-state index in [9.17, 15) is 13.2 Å². The molecule has 1 heterocycles. The summed E-state index contributed by atoms with van der Waals surface area (Å²) < 4.78 is 31.8. The maximum atomic E-state index is 12.6. The molecule has 2 rings (SSSR count). The Morgan fingerprint density at radius 3 is 2.12 bits per heavy atom. The number of sulfonamides is 1. The Bertz CT molecular complexity index is 737. The molecule has 1 aromatic rings. The lowest BCUT2D eigenvalue weighted by molar-refractivity contribution is 0.0192. The summed E-state index contributed by atoms with van der Waals surface area (Å²) in [6, 6.07) is 7.76. The average Bonchev–Trinajstić information content (AvgIpc) is 2.53. The Kier molecular flexibility index (Phi) is 5.16. The Hall–Kier alpha value is -2.11. The van der Waals surface area contributed by atoms with Gasteiger partial charge in [-0.05, 0) is 45.0 Å². The van der Waals surface area contributed by atoms with Gasteiger partial charge < -0.3 is 9.64 Å². The molecule has 0 atom stereocenters. The van der Waals surface area contributed by atoms with Crippen molar-refractivity contribution < 1.29 is 17.9 Å². The molecule has 8 heteroatoms. The fourth-order valence-electron chi connectivity index (χ4n) is 2.29. The van der Waals surface area contributed by atoms with Gasteiger partial charge in [-0.25, -0.2) is 13.2 Å². The minimum Gasteiger partial charge on any atom is -0.444 e. The fraction of sp³-hybridized carbons (Fsp3) is 0.500. The van der Waals surface area contributed by atoms with Crippen molar-refractivity contribution in [2.24, 2.45) is 0 Å². The highest BCUT2D eigenvalue weighted by Gasteiger charge is 2.31. The number of rotatable bonds is 2. The van der Waals surface area contributed by atoms with Crippen LogP contribution in [0.2, 0.25) is 0 Å². The van der Waals surface area contributed by atoms with E-state index >= 15 is 0 Å². The summed E-state index contributed by atoms with van der Waals surface area (Å²) >= 11 is 0. The molecule has 0 radical (unpaired) electrons. The summed E-state index contributed by atoms with van der Waals surface area (Å²) in [4.78, 5) is 13.7. The number of ether oxygens (including phenoxy) is 1. The zero-order chi connectivity index (χ0) is 18.0. The van der Waals surface area contributed by atoms with E-state index in [1.165, 1.54) is 33.5 Å². The van der Waals surface area contributed by atoms with Crippen LogP contribution in [0.1, 0.15) is 26.3 Å². The summed E-state index contributed by atoms with van der Waals surface area (Å²) in [6.45, 7) is 6.35. The number of benzene rings is 1. The second-order valence-electron chi connectivity index (χ2n) is 6.51. The van der Waals surface area contributed by atoms with Crippen LogP contribution in [0.3, 0.4) is 0 Å². The van der Waals surface area contributed by atoms with E-state index in [-0.39, 0.29) is 31.1 Å². The topological polar surface area (TPSA) is 90.7 Å². The molecule has 0 aromatic heterocycles. The van der Waals surface area contributed by atoms with Crippen LogP contribution >= 0.6 is 0 Å². The molecule has 1 aliphatic rings. The molecule has 0 unspecified atom stereocenters. The molecule has 1 fully saturated rings. The molecular weight excluding hydrogens is 330 g/mol. The van der Waals surface area contributed by atoms with Crippen molar-refractivity contribution in [2.45, 2.75) is 31.3 Å². The minimum absolute atomic E-state index is 0.146. The van der Waals surface area contributed by atoms with Gasteiger partial charge in [0.05, 0.1) is 16.5 Å². The lowest BCUT2D eigenvalue weighted by Gasteiger charge is -2.34. The SMILES string of the molecule is CC(C)(C)OC(=O)N1CCN(S(=O)(=O)c2ccc(C#N)cc2)CC1. The second-order valence-corrected chi connectivity index (χ2v) is 8.45. The first-order valence-corrected chi connectivity index (χ1v) is 9.06. The molecule has 0 spiro atoms. The first-order valence-electron chi connectivity index (χ1n) is 7.62. The zero-order valence-corrected chi connectivity index (χ0v) is 14.8. The smallest absolute Gasteiger partial charge is 0.410 e. The summed E-state index contributed by atoms with van der Waals surface area (Å²) in [5.74, 6) is 0. The highest BCUT2D eigenvalue weighted by atomic mass is 32.2. The summed E-state index contributed by atoms with van der Waals surface area (Å²) in [7, 11) is -3.63. The normalized spacial score (nSPS) is 16.5. The number of nitriles is 1. The predicted octanol–water partition coefficient (Wildman–Crippen LogP) is 1.80. The third kappa shape index (κ3) is 4.24. The van der Waals surface area contributed by atoms with Gasteiger partial charge in [-0.1, -0.05) is 0 Å². The maximum absolute atomic E-state index is 12.6. The van der Waals surface area contributed by atoms with Crippen LogP contribution in [-0.2, 0) is 14.8 Å². The van der Waals surface area contributed by atoms with E-state index in [4.69, 9.17) is 10.00 Å². The van der Waals surface area contributed by atoms with Crippen molar-refractivity contribution in [1.29, 1.82) is 5.26 Å². The lowest BCUT2D eigenvalue weighted by atomic mass is 10.2. The van der Waals surface area contributed by atoms with Gasteiger partial charge in [0.2, 0.25) is 10.0 Å². The number of amides is 1. The Morgan fingerprint density at radius 1 is 1.12 bits per heavy atom. The monoisotopic (exact) mass is 351 g/mol. The molecule has 24 heavy (non-hydrogen) atoms. The van der Waals surface area contributed by atoms with Crippen molar-refractivity contribution in [1.82, 2.24) is 9.21 Å².